The number of amides is 1. The Labute approximate surface area is 241 Å². The van der Waals surface area contributed by atoms with Crippen LogP contribution in [0.1, 0.15) is 41.3 Å². The lowest BCUT2D eigenvalue weighted by atomic mass is 9.77. The van der Waals surface area contributed by atoms with E-state index in [-0.39, 0.29) is 5.91 Å². The molecule has 5 rings (SSSR count). The number of nitrogens with one attached hydrogen (secondary N) is 1. The molecule has 6 nitrogen and oxygen atoms in total. The summed E-state index contributed by atoms with van der Waals surface area (Å²) in [6, 6.07) is 38.3. The van der Waals surface area contributed by atoms with Crippen LogP contribution in [0.25, 0.3) is 0 Å². The van der Waals surface area contributed by atoms with Crippen LogP contribution in [-0.4, -0.2) is 28.1 Å². The zero-order valence-corrected chi connectivity index (χ0v) is 23.3. The van der Waals surface area contributed by atoms with Crippen LogP contribution in [-0.2, 0) is 23.3 Å². The number of rotatable bonds is 12. The number of hydrogen-bond acceptors (Lipinski definition) is 4. The molecule has 0 saturated carbocycles. The van der Waals surface area contributed by atoms with Gasteiger partial charge in [0, 0.05) is 19.2 Å². The third-order valence-corrected chi connectivity index (χ3v) is 7.23. The molecular weight excluding hydrogens is 508 g/mol. The smallest absolute Gasteiger partial charge is 0.237 e. The number of aromatic nitrogens is 2. The summed E-state index contributed by atoms with van der Waals surface area (Å²) >= 11 is 0. The maximum absolute atomic E-state index is 12.9. The summed E-state index contributed by atoms with van der Waals surface area (Å²) < 4.78 is 7.77. The van der Waals surface area contributed by atoms with Gasteiger partial charge in [0.05, 0.1) is 24.7 Å². The minimum atomic E-state index is -0.731. The van der Waals surface area contributed by atoms with Crippen molar-refractivity contribution >= 4 is 5.91 Å². The quantitative estimate of drug-likeness (QED) is 0.198. The van der Waals surface area contributed by atoms with Crippen molar-refractivity contribution in [2.75, 3.05) is 6.61 Å². The van der Waals surface area contributed by atoms with Crippen LogP contribution in [0.2, 0.25) is 0 Å². The molecule has 5 aromatic rings. The van der Waals surface area contributed by atoms with Crippen LogP contribution in [0, 0.1) is 0 Å². The summed E-state index contributed by atoms with van der Waals surface area (Å²) in [6.07, 6.45) is 5.13. The molecule has 41 heavy (non-hydrogen) atoms. The SMILES string of the molecule is CCCOc1ccc(CNC(=O)[C@@H](N)Cc2cn(C(c3ccccc3)(c3ccccc3)c3ccccc3)cn2)cc1. The average molecular weight is 545 g/mol. The molecule has 4 aromatic carbocycles. The molecule has 3 N–H and O–H groups in total. The highest BCUT2D eigenvalue weighted by Gasteiger charge is 2.38. The van der Waals surface area contributed by atoms with Gasteiger partial charge in [0.25, 0.3) is 0 Å². The summed E-state index contributed by atoms with van der Waals surface area (Å²) in [6.45, 7) is 3.15. The molecule has 0 fully saturated rings. The zero-order valence-electron chi connectivity index (χ0n) is 23.3. The number of nitrogens with zero attached hydrogens (tertiary/aromatic N) is 2. The van der Waals surface area contributed by atoms with Gasteiger partial charge in [-0.3, -0.25) is 4.79 Å². The standard InChI is InChI=1S/C35H36N4O2/c1-2-22-41-32-20-18-27(19-21-32)24-37-34(40)33(36)23-31-25-39(26-38-31)35(28-12-6-3-7-13-28,29-14-8-4-9-15-29)30-16-10-5-11-17-30/h3-21,25-26,33H,2,22-24,36H2,1H3,(H,37,40)/t33-/m0/s1. The number of nitrogens with two attached hydrogens (primary N) is 1. The van der Waals surface area contributed by atoms with Crippen molar-refractivity contribution in [2.24, 2.45) is 5.73 Å². The van der Waals surface area contributed by atoms with Crippen molar-refractivity contribution in [1.29, 1.82) is 0 Å². The first-order chi connectivity index (χ1) is 20.1. The number of carbonyl (C=O) groups is 1. The summed E-state index contributed by atoms with van der Waals surface area (Å²) in [5.74, 6) is 0.609. The van der Waals surface area contributed by atoms with Gasteiger partial charge in [-0.25, -0.2) is 4.98 Å². The van der Waals surface area contributed by atoms with E-state index in [0.717, 1.165) is 40.1 Å². The highest BCUT2D eigenvalue weighted by molar-refractivity contribution is 5.81. The Morgan fingerprint density at radius 2 is 1.39 bits per heavy atom. The van der Waals surface area contributed by atoms with E-state index in [2.05, 4.69) is 89.6 Å². The third-order valence-electron chi connectivity index (χ3n) is 7.23. The Morgan fingerprint density at radius 3 is 1.90 bits per heavy atom. The van der Waals surface area contributed by atoms with E-state index in [1.165, 1.54) is 0 Å². The van der Waals surface area contributed by atoms with Crippen molar-refractivity contribution in [3.05, 3.63) is 156 Å². The van der Waals surface area contributed by atoms with Crippen LogP contribution in [0.4, 0.5) is 0 Å². The summed E-state index contributed by atoms with van der Waals surface area (Å²) in [7, 11) is 0. The van der Waals surface area contributed by atoms with E-state index < -0.39 is 11.6 Å². The first-order valence-electron chi connectivity index (χ1n) is 14.1. The maximum Gasteiger partial charge on any atom is 0.237 e. The first kappa shape index (κ1) is 27.9. The van der Waals surface area contributed by atoms with E-state index >= 15 is 0 Å². The van der Waals surface area contributed by atoms with Gasteiger partial charge in [0.15, 0.2) is 0 Å². The minimum Gasteiger partial charge on any atom is -0.494 e. The fourth-order valence-electron chi connectivity index (χ4n) is 5.20. The molecule has 0 radical (unpaired) electrons. The molecule has 0 aliphatic rings. The third kappa shape index (κ3) is 6.23. The molecule has 1 amide bonds. The topological polar surface area (TPSA) is 82.2 Å². The van der Waals surface area contributed by atoms with Crippen LogP contribution in [0.15, 0.2) is 128 Å². The first-order valence-corrected chi connectivity index (χ1v) is 14.1. The molecule has 1 aromatic heterocycles. The predicted octanol–water partition coefficient (Wildman–Crippen LogP) is 5.70. The molecule has 0 bridgehead atoms. The van der Waals surface area contributed by atoms with Gasteiger partial charge in [0.1, 0.15) is 11.3 Å². The van der Waals surface area contributed by atoms with Gasteiger partial charge < -0.3 is 20.4 Å². The van der Waals surface area contributed by atoms with Gasteiger partial charge in [0.2, 0.25) is 5.91 Å². The molecule has 0 aliphatic carbocycles. The molecule has 1 heterocycles. The summed E-state index contributed by atoms with van der Waals surface area (Å²) in [5, 5.41) is 2.96. The molecule has 0 saturated heterocycles. The monoisotopic (exact) mass is 544 g/mol. The van der Waals surface area contributed by atoms with Crippen molar-refractivity contribution in [3.63, 3.8) is 0 Å². The largest absolute Gasteiger partial charge is 0.494 e. The van der Waals surface area contributed by atoms with Crippen molar-refractivity contribution in [1.82, 2.24) is 14.9 Å². The number of hydrogen-bond donors (Lipinski definition) is 2. The summed E-state index contributed by atoms with van der Waals surface area (Å²) in [5.41, 5.74) is 10.8. The van der Waals surface area contributed by atoms with Gasteiger partial charge >= 0.3 is 0 Å². The molecule has 0 aliphatic heterocycles. The van der Waals surface area contributed by atoms with Crippen LogP contribution >= 0.6 is 0 Å². The zero-order chi connectivity index (χ0) is 28.5. The Balaban J connectivity index is 1.37. The Hall–Kier alpha value is -4.68. The predicted molar refractivity (Wildman–Crippen MR) is 163 cm³/mol. The fourth-order valence-corrected chi connectivity index (χ4v) is 5.20. The molecule has 208 valence electrons. The molecule has 0 spiro atoms. The number of carbonyl (C=O) groups excluding carboxylic acids is 1. The van der Waals surface area contributed by atoms with E-state index in [0.29, 0.717) is 19.6 Å². The minimum absolute atomic E-state index is 0.216. The van der Waals surface area contributed by atoms with Gasteiger partial charge in [-0.05, 0) is 40.8 Å². The van der Waals surface area contributed by atoms with E-state index in [9.17, 15) is 4.79 Å². The highest BCUT2D eigenvalue weighted by atomic mass is 16.5. The average Bonchev–Trinajstić information content (AvgIpc) is 3.49. The Bertz CT molecular complexity index is 1420. The van der Waals surface area contributed by atoms with Crippen LogP contribution in [0.3, 0.4) is 0 Å². The second-order valence-electron chi connectivity index (χ2n) is 10.1. The van der Waals surface area contributed by atoms with Crippen LogP contribution < -0.4 is 15.8 Å². The number of benzene rings is 4. The number of imidazole rings is 1. The Morgan fingerprint density at radius 1 is 0.854 bits per heavy atom. The second kappa shape index (κ2) is 13.1. The van der Waals surface area contributed by atoms with E-state index in [4.69, 9.17) is 15.5 Å². The van der Waals surface area contributed by atoms with Gasteiger partial charge in [-0.1, -0.05) is 110 Å². The number of ether oxygens (including phenoxy) is 1. The molecular formula is C35H36N4O2. The maximum atomic E-state index is 12.9. The van der Waals surface area contributed by atoms with Crippen molar-refractivity contribution < 1.29 is 9.53 Å². The molecule has 1 atom stereocenters. The highest BCUT2D eigenvalue weighted by Crippen LogP contribution is 2.40. The second-order valence-corrected chi connectivity index (χ2v) is 10.1. The summed E-state index contributed by atoms with van der Waals surface area (Å²) in [4.78, 5) is 17.6. The lowest BCUT2D eigenvalue weighted by Crippen LogP contribution is -2.41. The molecule has 0 unspecified atom stereocenters. The van der Waals surface area contributed by atoms with Gasteiger partial charge in [-0.15, -0.1) is 0 Å². The van der Waals surface area contributed by atoms with Gasteiger partial charge in [-0.2, -0.15) is 0 Å². The fraction of sp³-hybridized carbons (Fsp3) is 0.200. The molecule has 6 heteroatoms. The lowest BCUT2D eigenvalue weighted by Gasteiger charge is -2.37. The lowest BCUT2D eigenvalue weighted by molar-refractivity contribution is -0.122. The Kier molecular flexibility index (Phi) is 8.92. The van der Waals surface area contributed by atoms with Crippen molar-refractivity contribution in [2.45, 2.75) is 37.9 Å². The van der Waals surface area contributed by atoms with E-state index in [1.54, 1.807) is 0 Å². The normalized spacial score (nSPS) is 12.0. The van der Waals surface area contributed by atoms with Crippen LogP contribution in [0.5, 0.6) is 5.75 Å². The van der Waals surface area contributed by atoms with Crippen molar-refractivity contribution in [3.8, 4) is 5.75 Å². The van der Waals surface area contributed by atoms with E-state index in [1.807, 2.05) is 55.0 Å².